The highest BCUT2D eigenvalue weighted by molar-refractivity contribution is 6.08. The van der Waals surface area contributed by atoms with Gasteiger partial charge in [-0.15, -0.1) is 0 Å². The van der Waals surface area contributed by atoms with Crippen LogP contribution in [0, 0.1) is 6.92 Å². The number of carbonyl (C=O) groups is 2. The molecule has 0 saturated carbocycles. The van der Waals surface area contributed by atoms with Gasteiger partial charge in [-0.3, -0.25) is 19.3 Å². The van der Waals surface area contributed by atoms with Crippen molar-refractivity contribution in [2.45, 2.75) is 19.6 Å². The van der Waals surface area contributed by atoms with E-state index in [-0.39, 0.29) is 35.2 Å². The minimum absolute atomic E-state index is 0.0414. The van der Waals surface area contributed by atoms with Gasteiger partial charge in [0.1, 0.15) is 12.1 Å². The van der Waals surface area contributed by atoms with E-state index in [1.165, 1.54) is 16.9 Å². The van der Waals surface area contributed by atoms with Crippen molar-refractivity contribution in [3.63, 3.8) is 0 Å². The first-order valence-corrected chi connectivity index (χ1v) is 11.3. The van der Waals surface area contributed by atoms with Gasteiger partial charge in [-0.05, 0) is 25.1 Å². The maximum Gasteiger partial charge on any atom is 0.433 e. The van der Waals surface area contributed by atoms with Gasteiger partial charge in [0.25, 0.3) is 5.91 Å². The van der Waals surface area contributed by atoms with Crippen molar-refractivity contribution in [2.75, 3.05) is 10.6 Å². The molecule has 0 aliphatic rings. The predicted octanol–water partition coefficient (Wildman–Crippen LogP) is 4.21. The minimum atomic E-state index is -4.74. The van der Waals surface area contributed by atoms with E-state index in [4.69, 9.17) is 0 Å². The highest BCUT2D eigenvalue weighted by Gasteiger charge is 2.36. The number of halogens is 3. The molecule has 0 fully saturated rings. The van der Waals surface area contributed by atoms with Gasteiger partial charge in [0.05, 0.1) is 23.8 Å². The van der Waals surface area contributed by atoms with Crippen LogP contribution in [0.4, 0.5) is 24.7 Å². The molecule has 4 aromatic heterocycles. The third-order valence-corrected chi connectivity index (χ3v) is 5.54. The Balaban J connectivity index is 1.41. The average molecular weight is 520 g/mol. The Morgan fingerprint density at radius 2 is 1.79 bits per heavy atom. The van der Waals surface area contributed by atoms with E-state index in [1.54, 1.807) is 55.6 Å². The maximum atomic E-state index is 13.8. The van der Waals surface area contributed by atoms with Crippen LogP contribution >= 0.6 is 0 Å². The summed E-state index contributed by atoms with van der Waals surface area (Å²) in [6.07, 6.45) is -0.644. The predicted molar refractivity (Wildman–Crippen MR) is 131 cm³/mol. The number of aromatic nitrogens is 6. The summed E-state index contributed by atoms with van der Waals surface area (Å²) in [5.41, 5.74) is 0.0831. The van der Waals surface area contributed by atoms with Crippen LogP contribution in [0.1, 0.15) is 21.7 Å². The van der Waals surface area contributed by atoms with Crippen LogP contribution in [0.15, 0.2) is 73.2 Å². The fourth-order valence-electron chi connectivity index (χ4n) is 3.77. The summed E-state index contributed by atoms with van der Waals surface area (Å²) < 4.78 is 43.4. The number of anilines is 2. The van der Waals surface area contributed by atoms with E-state index in [2.05, 4.69) is 30.8 Å². The Morgan fingerprint density at radius 3 is 2.50 bits per heavy atom. The van der Waals surface area contributed by atoms with Crippen LogP contribution in [0.2, 0.25) is 0 Å². The summed E-state index contributed by atoms with van der Waals surface area (Å²) in [5, 5.41) is 13.2. The van der Waals surface area contributed by atoms with Crippen LogP contribution in [0.25, 0.3) is 16.9 Å². The largest absolute Gasteiger partial charge is 0.433 e. The lowest BCUT2D eigenvalue weighted by atomic mass is 10.1. The van der Waals surface area contributed by atoms with Crippen molar-refractivity contribution in [1.29, 1.82) is 0 Å². The van der Waals surface area contributed by atoms with E-state index >= 15 is 0 Å². The first kappa shape index (κ1) is 24.6. The Kier molecular flexibility index (Phi) is 6.33. The molecule has 13 heteroatoms. The number of rotatable bonds is 6. The lowest BCUT2D eigenvalue weighted by molar-refractivity contribution is -0.142. The van der Waals surface area contributed by atoms with Gasteiger partial charge in [0, 0.05) is 23.5 Å². The van der Waals surface area contributed by atoms with E-state index < -0.39 is 17.8 Å². The molecule has 4 heterocycles. The lowest BCUT2D eigenvalue weighted by Crippen LogP contribution is -2.20. The molecule has 2 amide bonds. The average Bonchev–Trinajstić information content (AvgIpc) is 3.46. The second-order valence-electron chi connectivity index (χ2n) is 8.26. The van der Waals surface area contributed by atoms with E-state index in [1.807, 2.05) is 0 Å². The number of carbonyl (C=O) groups excluding carboxylic acids is 2. The second-order valence-corrected chi connectivity index (χ2v) is 8.26. The zero-order valence-electron chi connectivity index (χ0n) is 19.8. The van der Waals surface area contributed by atoms with Gasteiger partial charge >= 0.3 is 6.18 Å². The summed E-state index contributed by atoms with van der Waals surface area (Å²) in [4.78, 5) is 33.7. The van der Waals surface area contributed by atoms with E-state index in [0.717, 1.165) is 12.3 Å². The highest BCUT2D eigenvalue weighted by atomic mass is 19.4. The molecule has 0 atom stereocenters. The van der Waals surface area contributed by atoms with Gasteiger partial charge < -0.3 is 10.6 Å². The molecule has 5 rings (SSSR count). The molecule has 0 spiro atoms. The van der Waals surface area contributed by atoms with Crippen molar-refractivity contribution in [3.05, 3.63) is 90.1 Å². The van der Waals surface area contributed by atoms with Crippen molar-refractivity contribution in [2.24, 2.45) is 0 Å². The molecule has 5 aromatic rings. The van der Waals surface area contributed by atoms with Crippen LogP contribution in [0.5, 0.6) is 0 Å². The van der Waals surface area contributed by atoms with E-state index in [0.29, 0.717) is 21.5 Å². The molecule has 0 unspecified atom stereocenters. The van der Waals surface area contributed by atoms with Crippen molar-refractivity contribution < 1.29 is 22.8 Å². The fraction of sp³-hybridized carbons (Fsp3) is 0.120. The van der Waals surface area contributed by atoms with Gasteiger partial charge in [0.15, 0.2) is 17.2 Å². The number of benzene rings is 1. The Morgan fingerprint density at radius 1 is 1.00 bits per heavy atom. The molecule has 2 N–H and O–H groups in total. The molecular formula is C25H19F3N8O2. The van der Waals surface area contributed by atoms with Crippen molar-refractivity contribution in [1.82, 2.24) is 29.4 Å². The fourth-order valence-corrected chi connectivity index (χ4v) is 3.77. The third kappa shape index (κ3) is 5.07. The van der Waals surface area contributed by atoms with Crippen molar-refractivity contribution >= 4 is 29.0 Å². The molecule has 0 bridgehead atoms. The topological polar surface area (TPSA) is 119 Å². The maximum absolute atomic E-state index is 13.8. The lowest BCUT2D eigenvalue weighted by Gasteiger charge is -2.11. The summed E-state index contributed by atoms with van der Waals surface area (Å²) in [7, 11) is 0. The zero-order chi connectivity index (χ0) is 26.9. The normalized spacial score (nSPS) is 11.5. The summed E-state index contributed by atoms with van der Waals surface area (Å²) in [5.74, 6) is -1.01. The van der Waals surface area contributed by atoms with Crippen LogP contribution < -0.4 is 10.6 Å². The number of amides is 2. The minimum Gasteiger partial charge on any atom is -0.323 e. The number of fused-ring (bicyclic) bond motifs is 1. The molecule has 38 heavy (non-hydrogen) atoms. The van der Waals surface area contributed by atoms with Crippen molar-refractivity contribution in [3.8, 4) is 11.3 Å². The van der Waals surface area contributed by atoms with E-state index in [9.17, 15) is 22.8 Å². The number of hydrogen-bond donors (Lipinski definition) is 2. The number of nitrogens with zero attached hydrogens (tertiary/aromatic N) is 6. The number of nitrogens with one attached hydrogen (secondary N) is 2. The molecule has 10 nitrogen and oxygen atoms in total. The quantitative estimate of drug-likeness (QED) is 0.346. The molecular weight excluding hydrogens is 501 g/mol. The number of hydrogen-bond acceptors (Lipinski definition) is 6. The first-order chi connectivity index (χ1) is 18.2. The Hall–Kier alpha value is -5.07. The number of aryl methyl sites for hydroxylation is 1. The smallest absolute Gasteiger partial charge is 0.323 e. The number of alkyl halides is 3. The SMILES string of the molecule is Cc1cc(NC(=O)c2cnn3c(C(F)(F)F)cc(-c4ccccc4)nc23)nn1CC(=O)Nc1cccnc1. The molecule has 0 saturated heterocycles. The first-order valence-electron chi connectivity index (χ1n) is 11.3. The standard InChI is InChI=1S/C25H19F3N8O2/c1-15-10-21(34-35(15)14-22(37)31-17-8-5-9-29-12-17)33-24(38)18-13-30-36-20(25(26,27)28)11-19(32-23(18)36)16-6-3-2-4-7-16/h2-13H,14H2,1H3,(H,31,37)(H,33,34,38). The summed E-state index contributed by atoms with van der Waals surface area (Å²) >= 11 is 0. The molecule has 0 radical (unpaired) electrons. The van der Waals surface area contributed by atoms with Gasteiger partial charge in [-0.2, -0.15) is 23.4 Å². The molecule has 0 aliphatic carbocycles. The second kappa shape index (κ2) is 9.76. The van der Waals surface area contributed by atoms with Gasteiger partial charge in [-0.1, -0.05) is 30.3 Å². The van der Waals surface area contributed by atoms with Crippen LogP contribution in [-0.2, 0) is 17.5 Å². The highest BCUT2D eigenvalue weighted by Crippen LogP contribution is 2.32. The van der Waals surface area contributed by atoms with Gasteiger partial charge in [-0.25, -0.2) is 9.50 Å². The Labute approximate surface area is 213 Å². The van der Waals surface area contributed by atoms with Crippen LogP contribution in [0.3, 0.4) is 0 Å². The van der Waals surface area contributed by atoms with Gasteiger partial charge in [0.2, 0.25) is 5.91 Å². The molecule has 0 aliphatic heterocycles. The summed E-state index contributed by atoms with van der Waals surface area (Å²) in [6, 6.07) is 14.1. The zero-order valence-corrected chi connectivity index (χ0v) is 19.8. The monoisotopic (exact) mass is 520 g/mol. The number of pyridine rings is 1. The molecule has 192 valence electrons. The Bertz CT molecular complexity index is 1630. The molecule has 1 aromatic carbocycles. The van der Waals surface area contributed by atoms with Crippen LogP contribution in [-0.4, -0.2) is 41.2 Å². The summed E-state index contributed by atoms with van der Waals surface area (Å²) in [6.45, 7) is 1.56. The third-order valence-electron chi connectivity index (χ3n) is 5.54.